The lowest BCUT2D eigenvalue weighted by Gasteiger charge is -2.12. The van der Waals surface area contributed by atoms with Crippen LogP contribution in [0.1, 0.15) is 5.56 Å². The van der Waals surface area contributed by atoms with E-state index in [1.54, 1.807) is 24.3 Å². The average molecular weight is 303 g/mol. The van der Waals surface area contributed by atoms with Crippen molar-refractivity contribution >= 4 is 20.9 Å². The molecule has 2 aromatic carbocycles. The van der Waals surface area contributed by atoms with Crippen molar-refractivity contribution in [1.29, 1.82) is 0 Å². The Labute approximate surface area is 114 Å². The van der Waals surface area contributed by atoms with Gasteiger partial charge in [0.05, 0.1) is 0 Å². The van der Waals surface area contributed by atoms with Gasteiger partial charge >= 0.3 is 15.6 Å². The first kappa shape index (κ1) is 14.6. The van der Waals surface area contributed by atoms with Crippen molar-refractivity contribution in [2.24, 2.45) is 0 Å². The Kier molecular flexibility index (Phi) is 3.64. The highest BCUT2D eigenvalue weighted by atomic mass is 32.2. The highest BCUT2D eigenvalue weighted by Crippen LogP contribution is 2.30. The molecule has 0 N–H and O–H groups in total. The van der Waals surface area contributed by atoms with Crippen LogP contribution in [-0.2, 0) is 16.5 Å². The van der Waals surface area contributed by atoms with Crippen LogP contribution in [-0.4, -0.2) is 13.9 Å². The molecule has 0 aromatic heterocycles. The van der Waals surface area contributed by atoms with Crippen LogP contribution in [0.5, 0.6) is 5.75 Å². The van der Waals surface area contributed by atoms with Crippen molar-refractivity contribution in [1.82, 2.24) is 0 Å². The van der Waals surface area contributed by atoms with Gasteiger partial charge in [0, 0.05) is 0 Å². The van der Waals surface area contributed by atoms with Gasteiger partial charge in [-0.15, -0.1) is 0 Å². The molecule has 0 spiro atoms. The van der Waals surface area contributed by atoms with E-state index < -0.39 is 15.6 Å². The normalized spacial score (nSPS) is 12.6. The molecular formula is C13H10F3O3S. The van der Waals surface area contributed by atoms with Crippen molar-refractivity contribution in [3.8, 4) is 5.75 Å². The third kappa shape index (κ3) is 2.72. The second kappa shape index (κ2) is 4.97. The summed E-state index contributed by atoms with van der Waals surface area (Å²) in [5.74, 6) is -0.375. The van der Waals surface area contributed by atoms with E-state index in [1.807, 2.05) is 0 Å². The van der Waals surface area contributed by atoms with Gasteiger partial charge in [0.15, 0.2) is 0 Å². The maximum Gasteiger partial charge on any atom is 0.534 e. The molecule has 0 saturated heterocycles. The molecule has 0 saturated carbocycles. The molecule has 0 aliphatic carbocycles. The summed E-state index contributed by atoms with van der Waals surface area (Å²) in [5, 5.41) is 1.38. The Bertz CT molecular complexity index is 736. The number of halogens is 3. The molecule has 1 radical (unpaired) electrons. The van der Waals surface area contributed by atoms with Gasteiger partial charge in [0.2, 0.25) is 0 Å². The molecule has 2 rings (SSSR count). The molecule has 0 amide bonds. The SMILES string of the molecule is [CH2]Cc1cc(OS(=O)(=O)C(F)(F)F)cc2ccccc12. The van der Waals surface area contributed by atoms with Crippen LogP contribution in [0.25, 0.3) is 10.8 Å². The molecule has 3 nitrogen and oxygen atoms in total. The molecule has 0 atom stereocenters. The number of hydrogen-bond acceptors (Lipinski definition) is 3. The number of hydrogen-bond donors (Lipinski definition) is 0. The standard InChI is InChI=1S/C13H10F3O3S/c1-2-9-7-11(19-20(17,18)13(14,15)16)8-10-5-3-4-6-12(9)10/h3-8H,1-2H2. The summed E-state index contributed by atoms with van der Waals surface area (Å²) in [6, 6.07) is 9.39. The molecule has 0 bridgehead atoms. The van der Waals surface area contributed by atoms with Gasteiger partial charge in [-0.3, -0.25) is 0 Å². The highest BCUT2D eigenvalue weighted by molar-refractivity contribution is 7.88. The van der Waals surface area contributed by atoms with E-state index in [-0.39, 0.29) is 5.75 Å². The van der Waals surface area contributed by atoms with E-state index >= 15 is 0 Å². The maximum absolute atomic E-state index is 12.3. The first-order valence-corrected chi connectivity index (χ1v) is 6.97. The molecule has 0 fully saturated rings. The van der Waals surface area contributed by atoms with E-state index in [4.69, 9.17) is 0 Å². The van der Waals surface area contributed by atoms with E-state index in [0.717, 1.165) is 5.39 Å². The predicted molar refractivity (Wildman–Crippen MR) is 68.6 cm³/mol. The fourth-order valence-corrected chi connectivity index (χ4v) is 2.23. The first-order valence-electron chi connectivity index (χ1n) is 5.56. The van der Waals surface area contributed by atoms with Crippen LogP contribution in [0.2, 0.25) is 0 Å². The summed E-state index contributed by atoms with van der Waals surface area (Å²) < 4.78 is 63.0. The lowest BCUT2D eigenvalue weighted by molar-refractivity contribution is -0.0500. The zero-order chi connectivity index (χ0) is 15.0. The van der Waals surface area contributed by atoms with Crippen LogP contribution < -0.4 is 4.18 Å². The minimum absolute atomic E-state index is 0.295. The van der Waals surface area contributed by atoms with E-state index in [2.05, 4.69) is 11.1 Å². The van der Waals surface area contributed by atoms with Crippen molar-refractivity contribution in [3.05, 3.63) is 48.9 Å². The second-order valence-corrected chi connectivity index (χ2v) is 5.57. The average Bonchev–Trinajstić information content (AvgIpc) is 2.36. The molecular weight excluding hydrogens is 293 g/mol. The van der Waals surface area contributed by atoms with Gasteiger partial charge < -0.3 is 4.18 Å². The van der Waals surface area contributed by atoms with Crippen molar-refractivity contribution in [3.63, 3.8) is 0 Å². The zero-order valence-corrected chi connectivity index (χ0v) is 11.0. The van der Waals surface area contributed by atoms with Crippen LogP contribution in [0.3, 0.4) is 0 Å². The smallest absolute Gasteiger partial charge is 0.376 e. The molecule has 0 aliphatic rings. The fourth-order valence-electron chi connectivity index (χ4n) is 1.79. The van der Waals surface area contributed by atoms with Crippen molar-refractivity contribution < 1.29 is 25.8 Å². The summed E-state index contributed by atoms with van der Waals surface area (Å²) in [4.78, 5) is 0. The fraction of sp³-hybridized carbons (Fsp3) is 0.154. The monoisotopic (exact) mass is 303 g/mol. The van der Waals surface area contributed by atoms with Crippen molar-refractivity contribution in [2.45, 2.75) is 11.9 Å². The Balaban J connectivity index is 2.52. The largest absolute Gasteiger partial charge is 0.534 e. The molecule has 2 aromatic rings. The third-order valence-electron chi connectivity index (χ3n) is 2.68. The summed E-state index contributed by atoms with van der Waals surface area (Å²) in [5.41, 5.74) is -4.85. The van der Waals surface area contributed by atoms with Gasteiger partial charge in [-0.2, -0.15) is 21.6 Å². The molecule has 7 heteroatoms. The van der Waals surface area contributed by atoms with Crippen molar-refractivity contribution in [2.75, 3.05) is 0 Å². The summed E-state index contributed by atoms with van der Waals surface area (Å²) in [7, 11) is -5.66. The molecule has 0 unspecified atom stereocenters. The van der Waals surface area contributed by atoms with Crippen LogP contribution in [0, 0.1) is 6.92 Å². The summed E-state index contributed by atoms with van der Waals surface area (Å²) in [6.07, 6.45) is 0.295. The molecule has 107 valence electrons. The number of fused-ring (bicyclic) bond motifs is 1. The van der Waals surface area contributed by atoms with Gasteiger partial charge in [0.25, 0.3) is 0 Å². The quantitative estimate of drug-likeness (QED) is 0.644. The summed E-state index contributed by atoms with van der Waals surface area (Å²) >= 11 is 0. The molecule has 20 heavy (non-hydrogen) atoms. The summed E-state index contributed by atoms with van der Waals surface area (Å²) in [6.45, 7) is 3.67. The van der Waals surface area contributed by atoms with E-state index in [0.29, 0.717) is 17.4 Å². The minimum atomic E-state index is -5.66. The van der Waals surface area contributed by atoms with Gasteiger partial charge in [0.1, 0.15) is 5.75 Å². The van der Waals surface area contributed by atoms with Gasteiger partial charge in [-0.25, -0.2) is 0 Å². The maximum atomic E-state index is 12.3. The lowest BCUT2D eigenvalue weighted by Crippen LogP contribution is -2.28. The predicted octanol–water partition coefficient (Wildman–Crippen LogP) is 3.44. The van der Waals surface area contributed by atoms with Gasteiger partial charge in [-0.1, -0.05) is 24.3 Å². The molecule has 0 aliphatic heterocycles. The number of rotatable bonds is 3. The van der Waals surface area contributed by atoms with Crippen LogP contribution >= 0.6 is 0 Å². The number of alkyl halides is 3. The number of benzene rings is 2. The Morgan fingerprint density at radius 3 is 2.40 bits per heavy atom. The lowest BCUT2D eigenvalue weighted by atomic mass is 10.0. The Morgan fingerprint density at radius 2 is 1.80 bits per heavy atom. The van der Waals surface area contributed by atoms with Crippen LogP contribution in [0.15, 0.2) is 36.4 Å². The van der Waals surface area contributed by atoms with Crippen LogP contribution in [0.4, 0.5) is 13.2 Å². The topological polar surface area (TPSA) is 43.4 Å². The third-order valence-corrected chi connectivity index (χ3v) is 3.66. The Morgan fingerprint density at radius 1 is 1.15 bits per heavy atom. The van der Waals surface area contributed by atoms with Gasteiger partial charge in [-0.05, 0) is 41.8 Å². The molecule has 0 heterocycles. The zero-order valence-electron chi connectivity index (χ0n) is 10.1. The highest BCUT2D eigenvalue weighted by Gasteiger charge is 2.48. The second-order valence-electron chi connectivity index (χ2n) is 4.04. The minimum Gasteiger partial charge on any atom is -0.376 e. The Hall–Kier alpha value is -1.76. The first-order chi connectivity index (χ1) is 9.24. The van der Waals surface area contributed by atoms with E-state index in [1.165, 1.54) is 12.1 Å². The van der Waals surface area contributed by atoms with E-state index in [9.17, 15) is 21.6 Å².